The molecule has 36 heavy (non-hydrogen) atoms. The molecule has 1 aliphatic carbocycles. The Bertz CT molecular complexity index is 1350. The molecule has 2 aromatic heterocycles. The van der Waals surface area contributed by atoms with E-state index in [0.717, 1.165) is 64.5 Å². The molecular formula is C29H32N2O5. The number of fused-ring (bicyclic) bond motifs is 2. The van der Waals surface area contributed by atoms with Crippen molar-refractivity contribution in [2.75, 3.05) is 7.11 Å². The van der Waals surface area contributed by atoms with E-state index in [1.807, 2.05) is 69.4 Å². The van der Waals surface area contributed by atoms with Gasteiger partial charge in [0.05, 0.1) is 13.2 Å². The SMILES string of the molecule is COc1cc(O[C@H]2CC[C@H](NC(=O)OC(C)(C)C)CC2)cc2c(-c3cc4ccccc4o3)cncc12. The van der Waals surface area contributed by atoms with E-state index >= 15 is 0 Å². The van der Waals surface area contributed by atoms with E-state index in [1.165, 1.54) is 0 Å². The first-order valence-corrected chi connectivity index (χ1v) is 12.4. The minimum Gasteiger partial charge on any atom is -0.496 e. The fourth-order valence-electron chi connectivity index (χ4n) is 4.75. The largest absolute Gasteiger partial charge is 0.496 e. The van der Waals surface area contributed by atoms with Crippen LogP contribution in [-0.2, 0) is 4.74 Å². The molecule has 1 saturated carbocycles. The monoisotopic (exact) mass is 488 g/mol. The van der Waals surface area contributed by atoms with Crippen LogP contribution in [0.4, 0.5) is 4.79 Å². The Labute approximate surface area is 210 Å². The van der Waals surface area contributed by atoms with Gasteiger partial charge >= 0.3 is 6.09 Å². The highest BCUT2D eigenvalue weighted by Crippen LogP contribution is 2.39. The quantitative estimate of drug-likeness (QED) is 0.330. The van der Waals surface area contributed by atoms with Crippen molar-refractivity contribution in [3.63, 3.8) is 0 Å². The number of ether oxygens (including phenoxy) is 3. The lowest BCUT2D eigenvalue weighted by atomic mass is 9.93. The van der Waals surface area contributed by atoms with Crippen LogP contribution in [0.15, 0.2) is 59.3 Å². The number of nitrogens with one attached hydrogen (secondary N) is 1. The van der Waals surface area contributed by atoms with Crippen LogP contribution >= 0.6 is 0 Å². The second kappa shape index (κ2) is 9.72. The molecule has 1 fully saturated rings. The highest BCUT2D eigenvalue weighted by atomic mass is 16.6. The molecule has 0 spiro atoms. The molecule has 0 saturated heterocycles. The van der Waals surface area contributed by atoms with Gasteiger partial charge in [-0.1, -0.05) is 18.2 Å². The van der Waals surface area contributed by atoms with E-state index in [2.05, 4.69) is 10.3 Å². The van der Waals surface area contributed by atoms with Crippen LogP contribution in [0.5, 0.6) is 11.5 Å². The number of amides is 1. The van der Waals surface area contributed by atoms with E-state index in [0.29, 0.717) is 5.75 Å². The summed E-state index contributed by atoms with van der Waals surface area (Å²) in [4.78, 5) is 16.6. The Balaban J connectivity index is 1.34. The van der Waals surface area contributed by atoms with Crippen molar-refractivity contribution < 1.29 is 23.4 Å². The Morgan fingerprint density at radius 2 is 1.81 bits per heavy atom. The van der Waals surface area contributed by atoms with Crippen LogP contribution in [-0.4, -0.2) is 35.9 Å². The number of hydrogen-bond acceptors (Lipinski definition) is 6. The van der Waals surface area contributed by atoms with Crippen LogP contribution in [0.2, 0.25) is 0 Å². The number of hydrogen-bond donors (Lipinski definition) is 1. The molecule has 1 amide bonds. The standard InChI is InChI=1S/C29H32N2O5/c1-29(2,3)36-28(32)31-19-9-11-20(12-10-19)34-21-14-22-23(26(15-21)33-4)16-30-17-24(22)27-13-18-7-5-6-8-25(18)35-27/h5-8,13-17,19-20H,9-12H2,1-4H3,(H,31,32)/t19-,20-. The van der Waals surface area contributed by atoms with Gasteiger partial charge in [0.15, 0.2) is 0 Å². The number of benzene rings is 2. The van der Waals surface area contributed by atoms with Gasteiger partial charge in [-0.3, -0.25) is 4.98 Å². The van der Waals surface area contributed by atoms with Gasteiger partial charge in [-0.15, -0.1) is 0 Å². The second-order valence-electron chi connectivity index (χ2n) is 10.3. The van der Waals surface area contributed by atoms with E-state index in [-0.39, 0.29) is 18.2 Å². The average Bonchev–Trinajstić information content (AvgIpc) is 3.27. The third-order valence-electron chi connectivity index (χ3n) is 6.42. The molecule has 7 nitrogen and oxygen atoms in total. The summed E-state index contributed by atoms with van der Waals surface area (Å²) < 4.78 is 23.6. The van der Waals surface area contributed by atoms with Crippen molar-refractivity contribution in [1.29, 1.82) is 0 Å². The highest BCUT2D eigenvalue weighted by Gasteiger charge is 2.26. The molecule has 1 N–H and O–H groups in total. The molecule has 2 heterocycles. The molecule has 4 aromatic rings. The smallest absolute Gasteiger partial charge is 0.407 e. The summed E-state index contributed by atoms with van der Waals surface area (Å²) in [6.07, 6.45) is 6.67. The van der Waals surface area contributed by atoms with Crippen LogP contribution in [0.25, 0.3) is 33.1 Å². The Morgan fingerprint density at radius 1 is 1.03 bits per heavy atom. The number of carbonyl (C=O) groups is 1. The van der Waals surface area contributed by atoms with Crippen molar-refractivity contribution in [2.24, 2.45) is 0 Å². The predicted molar refractivity (Wildman–Crippen MR) is 140 cm³/mol. The Morgan fingerprint density at radius 3 is 2.53 bits per heavy atom. The number of nitrogens with zero attached hydrogens (tertiary/aromatic N) is 1. The first-order chi connectivity index (χ1) is 17.3. The van der Waals surface area contributed by atoms with Gasteiger partial charge in [0.2, 0.25) is 0 Å². The summed E-state index contributed by atoms with van der Waals surface area (Å²) in [5.41, 5.74) is 1.22. The number of carbonyl (C=O) groups excluding carboxylic acids is 1. The summed E-state index contributed by atoms with van der Waals surface area (Å²) in [7, 11) is 1.65. The van der Waals surface area contributed by atoms with Crippen molar-refractivity contribution in [3.8, 4) is 22.8 Å². The maximum atomic E-state index is 12.1. The number of alkyl carbamates (subject to hydrolysis) is 1. The third kappa shape index (κ3) is 5.25. The number of rotatable bonds is 5. The number of methoxy groups -OCH3 is 1. The minimum absolute atomic E-state index is 0.0559. The number of para-hydroxylation sites is 1. The van der Waals surface area contributed by atoms with Crippen molar-refractivity contribution in [3.05, 3.63) is 54.9 Å². The molecule has 2 aromatic carbocycles. The molecule has 0 unspecified atom stereocenters. The van der Waals surface area contributed by atoms with E-state index in [9.17, 15) is 4.79 Å². The summed E-state index contributed by atoms with van der Waals surface area (Å²) in [6, 6.07) is 14.0. The Hall–Kier alpha value is -3.74. The highest BCUT2D eigenvalue weighted by molar-refractivity contribution is 6.00. The maximum Gasteiger partial charge on any atom is 0.407 e. The lowest BCUT2D eigenvalue weighted by Crippen LogP contribution is -2.42. The molecule has 0 aliphatic heterocycles. The van der Waals surface area contributed by atoms with Crippen molar-refractivity contribution >= 4 is 27.8 Å². The average molecular weight is 489 g/mol. The predicted octanol–water partition coefficient (Wildman–Crippen LogP) is 6.87. The lowest BCUT2D eigenvalue weighted by Gasteiger charge is -2.30. The van der Waals surface area contributed by atoms with Gasteiger partial charge in [-0.25, -0.2) is 4.79 Å². The maximum absolute atomic E-state index is 12.1. The van der Waals surface area contributed by atoms with Crippen LogP contribution < -0.4 is 14.8 Å². The normalized spacial score (nSPS) is 18.2. The zero-order chi connectivity index (χ0) is 25.3. The first kappa shape index (κ1) is 24.0. The van der Waals surface area contributed by atoms with E-state index in [4.69, 9.17) is 18.6 Å². The molecule has 0 bridgehead atoms. The molecule has 0 radical (unpaired) electrons. The number of pyridine rings is 1. The number of furan rings is 1. The summed E-state index contributed by atoms with van der Waals surface area (Å²) in [5.74, 6) is 2.20. The molecule has 5 rings (SSSR count). The number of aromatic nitrogens is 1. The van der Waals surface area contributed by atoms with Gasteiger partial charge in [0, 0.05) is 46.2 Å². The van der Waals surface area contributed by atoms with E-state index in [1.54, 1.807) is 13.3 Å². The van der Waals surface area contributed by atoms with Crippen LogP contribution in [0.1, 0.15) is 46.5 Å². The zero-order valence-corrected chi connectivity index (χ0v) is 21.2. The van der Waals surface area contributed by atoms with Gasteiger partial charge in [-0.05, 0) is 64.7 Å². The first-order valence-electron chi connectivity index (χ1n) is 12.4. The fraction of sp³-hybridized carbons (Fsp3) is 0.379. The van der Waals surface area contributed by atoms with Gasteiger partial charge in [0.1, 0.15) is 28.4 Å². The van der Waals surface area contributed by atoms with Gasteiger partial charge in [-0.2, -0.15) is 0 Å². The van der Waals surface area contributed by atoms with Crippen molar-refractivity contribution in [1.82, 2.24) is 10.3 Å². The van der Waals surface area contributed by atoms with E-state index < -0.39 is 5.60 Å². The molecule has 1 aliphatic rings. The third-order valence-corrected chi connectivity index (χ3v) is 6.42. The lowest BCUT2D eigenvalue weighted by molar-refractivity contribution is 0.0471. The minimum atomic E-state index is -0.504. The molecule has 0 atom stereocenters. The second-order valence-corrected chi connectivity index (χ2v) is 10.3. The molecule has 7 heteroatoms. The van der Waals surface area contributed by atoms with Crippen LogP contribution in [0.3, 0.4) is 0 Å². The topological polar surface area (TPSA) is 82.8 Å². The molecule has 188 valence electrons. The van der Waals surface area contributed by atoms with Gasteiger partial charge < -0.3 is 23.9 Å². The fourth-order valence-corrected chi connectivity index (χ4v) is 4.75. The van der Waals surface area contributed by atoms with Crippen LogP contribution in [0, 0.1) is 0 Å². The summed E-state index contributed by atoms with van der Waals surface area (Å²) in [6.45, 7) is 5.60. The molecular weight excluding hydrogens is 456 g/mol. The summed E-state index contributed by atoms with van der Waals surface area (Å²) >= 11 is 0. The van der Waals surface area contributed by atoms with Gasteiger partial charge in [0.25, 0.3) is 0 Å². The summed E-state index contributed by atoms with van der Waals surface area (Å²) in [5, 5.41) is 5.88. The zero-order valence-electron chi connectivity index (χ0n) is 21.2. The van der Waals surface area contributed by atoms with Crippen molar-refractivity contribution in [2.45, 2.75) is 64.2 Å². The Kier molecular flexibility index (Phi) is 6.48.